The van der Waals surface area contributed by atoms with Crippen molar-refractivity contribution in [2.45, 2.75) is 6.92 Å². The molecule has 3 rings (SSSR count). The Balaban J connectivity index is 1.44. The maximum absolute atomic E-state index is 12.4. The number of carbonyl (C=O) groups is 2. The molecule has 29 heavy (non-hydrogen) atoms. The van der Waals surface area contributed by atoms with Gasteiger partial charge >= 0.3 is 0 Å². The van der Waals surface area contributed by atoms with Crippen molar-refractivity contribution >= 4 is 45.6 Å². The molecular formula is C21H24ClN3O3S. The lowest BCUT2D eigenvalue weighted by atomic mass is 10.2. The molecule has 2 aromatic rings. The monoisotopic (exact) mass is 433 g/mol. The lowest BCUT2D eigenvalue weighted by Crippen LogP contribution is -2.50. The van der Waals surface area contributed by atoms with Gasteiger partial charge in [0.05, 0.1) is 0 Å². The summed E-state index contributed by atoms with van der Waals surface area (Å²) in [5.74, 6) is -0.943. The van der Waals surface area contributed by atoms with Gasteiger partial charge in [-0.3, -0.25) is 13.8 Å². The van der Waals surface area contributed by atoms with Gasteiger partial charge in [-0.15, -0.1) is 0 Å². The predicted octanol–water partition coefficient (Wildman–Crippen LogP) is 2.68. The van der Waals surface area contributed by atoms with Crippen LogP contribution in [0.1, 0.15) is 5.56 Å². The van der Waals surface area contributed by atoms with Crippen LogP contribution in [0.3, 0.4) is 0 Å². The van der Waals surface area contributed by atoms with Gasteiger partial charge in [0.2, 0.25) is 11.8 Å². The molecule has 1 fully saturated rings. The quantitative estimate of drug-likeness (QED) is 0.760. The molecular weight excluding hydrogens is 410 g/mol. The first-order chi connectivity index (χ1) is 13.9. The van der Waals surface area contributed by atoms with Gasteiger partial charge in [0.15, 0.2) is 0 Å². The van der Waals surface area contributed by atoms with Gasteiger partial charge in [-0.05, 0) is 36.8 Å². The molecule has 1 aliphatic rings. The topological polar surface area (TPSA) is 69.7 Å². The van der Waals surface area contributed by atoms with Crippen molar-refractivity contribution in [1.29, 1.82) is 0 Å². The molecule has 0 aliphatic carbocycles. The highest BCUT2D eigenvalue weighted by Crippen LogP contribution is 2.20. The molecule has 0 saturated carbocycles. The van der Waals surface area contributed by atoms with Crippen LogP contribution in [0.2, 0.25) is 5.02 Å². The fourth-order valence-electron chi connectivity index (χ4n) is 3.15. The molecule has 0 aromatic heterocycles. The summed E-state index contributed by atoms with van der Waals surface area (Å²) in [7, 11) is -1.56. The van der Waals surface area contributed by atoms with E-state index in [1.54, 1.807) is 23.1 Å². The average Bonchev–Trinajstić information content (AvgIpc) is 2.71. The van der Waals surface area contributed by atoms with Crippen LogP contribution >= 0.6 is 11.6 Å². The van der Waals surface area contributed by atoms with E-state index in [2.05, 4.69) is 10.2 Å². The predicted molar refractivity (Wildman–Crippen MR) is 118 cm³/mol. The average molecular weight is 434 g/mol. The summed E-state index contributed by atoms with van der Waals surface area (Å²) in [4.78, 5) is 28.5. The van der Waals surface area contributed by atoms with Gasteiger partial charge in [-0.2, -0.15) is 0 Å². The number of hydrogen-bond acceptors (Lipinski definition) is 4. The Morgan fingerprint density at radius 2 is 1.72 bits per heavy atom. The van der Waals surface area contributed by atoms with Gasteiger partial charge in [0, 0.05) is 53.4 Å². The minimum atomic E-state index is -1.56. The summed E-state index contributed by atoms with van der Waals surface area (Å²) in [5.41, 5.74) is 2.59. The number of benzene rings is 2. The number of nitrogens with zero attached hydrogens (tertiary/aromatic N) is 2. The van der Waals surface area contributed by atoms with E-state index in [1.807, 2.05) is 37.3 Å². The second-order valence-electron chi connectivity index (χ2n) is 6.94. The molecule has 1 N–H and O–H groups in total. The van der Waals surface area contributed by atoms with E-state index < -0.39 is 16.7 Å². The number of amides is 2. The standard InChI is InChI=1S/C21H24ClN3O3S/c1-16-7-8-17(13-19(16)22)23-20(26)14-29(28)15-21(27)25-11-9-24(10-12-25)18-5-3-2-4-6-18/h2-8,13H,9-12,14-15H2,1H3,(H,23,26)/t29-/m1/s1. The molecule has 0 unspecified atom stereocenters. The number of halogens is 1. The fourth-order valence-corrected chi connectivity index (χ4v) is 4.25. The van der Waals surface area contributed by atoms with E-state index in [1.165, 1.54) is 0 Å². The lowest BCUT2D eigenvalue weighted by Gasteiger charge is -2.36. The third-order valence-corrected chi connectivity index (χ3v) is 6.35. The van der Waals surface area contributed by atoms with Crippen molar-refractivity contribution in [3.8, 4) is 0 Å². The fraction of sp³-hybridized carbons (Fsp3) is 0.333. The summed E-state index contributed by atoms with van der Waals surface area (Å²) in [6.45, 7) is 4.50. The van der Waals surface area contributed by atoms with E-state index in [0.717, 1.165) is 24.3 Å². The number of aryl methyl sites for hydroxylation is 1. The summed E-state index contributed by atoms with van der Waals surface area (Å²) >= 11 is 6.04. The van der Waals surface area contributed by atoms with Crippen LogP contribution < -0.4 is 10.2 Å². The lowest BCUT2D eigenvalue weighted by molar-refractivity contribution is -0.128. The molecule has 2 amide bonds. The van der Waals surface area contributed by atoms with Crippen molar-refractivity contribution in [2.24, 2.45) is 0 Å². The molecule has 8 heteroatoms. The minimum Gasteiger partial charge on any atom is -0.368 e. The first-order valence-corrected chi connectivity index (χ1v) is 11.3. The second-order valence-corrected chi connectivity index (χ2v) is 8.81. The third-order valence-electron chi connectivity index (χ3n) is 4.79. The van der Waals surface area contributed by atoms with Crippen molar-refractivity contribution in [3.05, 3.63) is 59.1 Å². The zero-order chi connectivity index (χ0) is 20.8. The van der Waals surface area contributed by atoms with Crippen molar-refractivity contribution < 1.29 is 13.8 Å². The van der Waals surface area contributed by atoms with E-state index in [4.69, 9.17) is 11.6 Å². The van der Waals surface area contributed by atoms with E-state index in [0.29, 0.717) is 23.8 Å². The van der Waals surface area contributed by atoms with Crippen LogP contribution in [0.25, 0.3) is 0 Å². The Morgan fingerprint density at radius 1 is 1.03 bits per heavy atom. The molecule has 0 bridgehead atoms. The zero-order valence-electron chi connectivity index (χ0n) is 16.3. The number of hydrogen-bond donors (Lipinski definition) is 1. The van der Waals surface area contributed by atoms with E-state index in [9.17, 15) is 13.8 Å². The Hall–Kier alpha value is -2.38. The summed E-state index contributed by atoms with van der Waals surface area (Å²) in [6.07, 6.45) is 0. The smallest absolute Gasteiger partial charge is 0.237 e. The Kier molecular flexibility index (Phi) is 7.28. The number of rotatable bonds is 6. The highest BCUT2D eigenvalue weighted by atomic mass is 35.5. The molecule has 6 nitrogen and oxygen atoms in total. The zero-order valence-corrected chi connectivity index (χ0v) is 17.8. The minimum absolute atomic E-state index is 0.145. The molecule has 1 heterocycles. The van der Waals surface area contributed by atoms with Crippen LogP contribution in [0, 0.1) is 6.92 Å². The number of nitrogens with one attached hydrogen (secondary N) is 1. The normalized spacial score (nSPS) is 15.1. The van der Waals surface area contributed by atoms with Crippen LogP contribution in [-0.2, 0) is 20.4 Å². The Morgan fingerprint density at radius 3 is 2.38 bits per heavy atom. The number of anilines is 2. The molecule has 0 spiro atoms. The van der Waals surface area contributed by atoms with Gasteiger partial charge in [0.1, 0.15) is 11.5 Å². The van der Waals surface area contributed by atoms with Gasteiger partial charge in [-0.25, -0.2) is 0 Å². The van der Waals surface area contributed by atoms with Gasteiger partial charge in [-0.1, -0.05) is 35.9 Å². The van der Waals surface area contributed by atoms with Crippen LogP contribution in [0.15, 0.2) is 48.5 Å². The third kappa shape index (κ3) is 6.05. The highest BCUT2D eigenvalue weighted by Gasteiger charge is 2.23. The van der Waals surface area contributed by atoms with Crippen LogP contribution in [-0.4, -0.2) is 58.6 Å². The van der Waals surface area contributed by atoms with Crippen molar-refractivity contribution in [2.75, 3.05) is 47.9 Å². The first kappa shape index (κ1) is 21.3. The molecule has 154 valence electrons. The molecule has 1 atom stereocenters. The Bertz CT molecular complexity index is 899. The maximum atomic E-state index is 12.4. The van der Waals surface area contributed by atoms with Crippen molar-refractivity contribution in [1.82, 2.24) is 4.90 Å². The van der Waals surface area contributed by atoms with Crippen molar-refractivity contribution in [3.63, 3.8) is 0 Å². The SMILES string of the molecule is Cc1ccc(NC(=O)C[S@@](=O)CC(=O)N2CCN(c3ccccc3)CC2)cc1Cl. The van der Waals surface area contributed by atoms with E-state index >= 15 is 0 Å². The Labute approximate surface area is 178 Å². The molecule has 1 saturated heterocycles. The number of piperazine rings is 1. The van der Waals surface area contributed by atoms with Gasteiger partial charge < -0.3 is 15.1 Å². The van der Waals surface area contributed by atoms with Gasteiger partial charge in [0.25, 0.3) is 0 Å². The largest absolute Gasteiger partial charge is 0.368 e. The van der Waals surface area contributed by atoms with E-state index in [-0.39, 0.29) is 17.4 Å². The van der Waals surface area contributed by atoms with Crippen LogP contribution in [0.4, 0.5) is 11.4 Å². The summed E-state index contributed by atoms with van der Waals surface area (Å²) in [5, 5.41) is 3.22. The summed E-state index contributed by atoms with van der Waals surface area (Å²) in [6, 6.07) is 15.2. The molecule has 2 aromatic carbocycles. The maximum Gasteiger partial charge on any atom is 0.237 e. The molecule has 1 aliphatic heterocycles. The van der Waals surface area contributed by atoms with Crippen LogP contribution in [0.5, 0.6) is 0 Å². The second kappa shape index (κ2) is 9.89. The summed E-state index contributed by atoms with van der Waals surface area (Å²) < 4.78 is 12.3. The highest BCUT2D eigenvalue weighted by molar-refractivity contribution is 7.86. The first-order valence-electron chi connectivity index (χ1n) is 9.41. The number of carbonyl (C=O) groups excluding carboxylic acids is 2. The molecule has 0 radical (unpaired) electrons. The number of para-hydroxylation sites is 1.